The molecule has 2 rings (SSSR count). The predicted octanol–water partition coefficient (Wildman–Crippen LogP) is 2.23. The fraction of sp³-hybridized carbons (Fsp3) is 0.909. The van der Waals surface area contributed by atoms with Crippen LogP contribution in [0.1, 0.15) is 44.9 Å². The fourth-order valence-corrected chi connectivity index (χ4v) is 3.11. The molecule has 0 bridgehead atoms. The Hall–Kier alpha value is -0.550. The molecule has 2 saturated carbocycles. The third-order valence-corrected chi connectivity index (χ3v) is 3.88. The first-order valence-corrected chi connectivity index (χ1v) is 5.36. The summed E-state index contributed by atoms with van der Waals surface area (Å²) in [6.07, 6.45) is 7.18. The Morgan fingerprint density at radius 1 is 1.23 bits per heavy atom. The maximum atomic E-state index is 9.59. The fourth-order valence-electron chi connectivity index (χ4n) is 3.11. The van der Waals surface area contributed by atoms with Gasteiger partial charge >= 0.3 is 0 Å². The van der Waals surface area contributed by atoms with Crippen molar-refractivity contribution >= 4 is 0 Å². The molecule has 1 N–H and O–H groups in total. The molecule has 0 aromatic heterocycles. The molecule has 0 radical (unpaired) electrons. The normalized spacial score (nSPS) is 44.9. The van der Waals surface area contributed by atoms with Gasteiger partial charge in [-0.15, -0.1) is 0 Å². The van der Waals surface area contributed by atoms with Gasteiger partial charge in [0.15, 0.2) is 0 Å². The van der Waals surface area contributed by atoms with Crippen molar-refractivity contribution in [1.82, 2.24) is 0 Å². The van der Waals surface area contributed by atoms with E-state index in [2.05, 4.69) is 6.07 Å². The molecule has 2 fully saturated rings. The van der Waals surface area contributed by atoms with E-state index in [4.69, 9.17) is 0 Å². The molecule has 0 aromatic carbocycles. The average Bonchev–Trinajstić information content (AvgIpc) is 2.17. The van der Waals surface area contributed by atoms with Crippen molar-refractivity contribution in [3.63, 3.8) is 0 Å². The van der Waals surface area contributed by atoms with Gasteiger partial charge in [0.2, 0.25) is 0 Å². The standard InChI is InChI=1S/C11H17NO/c12-8-11-6-2-1-3-9(11)4-5-10(13)7-11/h9-10,13H,1-7H2/t9-,10+,11-/m1/s1. The average molecular weight is 179 g/mol. The van der Waals surface area contributed by atoms with E-state index in [9.17, 15) is 10.4 Å². The van der Waals surface area contributed by atoms with Crippen molar-refractivity contribution < 1.29 is 5.11 Å². The van der Waals surface area contributed by atoms with E-state index in [1.165, 1.54) is 19.3 Å². The number of aliphatic hydroxyl groups excluding tert-OH is 1. The van der Waals surface area contributed by atoms with E-state index in [-0.39, 0.29) is 11.5 Å². The van der Waals surface area contributed by atoms with E-state index in [1.54, 1.807) is 0 Å². The van der Waals surface area contributed by atoms with Gasteiger partial charge < -0.3 is 5.11 Å². The quantitative estimate of drug-likeness (QED) is 0.619. The van der Waals surface area contributed by atoms with Crippen LogP contribution in [0.5, 0.6) is 0 Å². The first-order valence-electron chi connectivity index (χ1n) is 5.36. The number of hydrogen-bond acceptors (Lipinski definition) is 2. The molecule has 13 heavy (non-hydrogen) atoms. The lowest BCUT2D eigenvalue weighted by Gasteiger charge is -2.44. The highest BCUT2D eigenvalue weighted by Gasteiger charge is 2.45. The van der Waals surface area contributed by atoms with Crippen LogP contribution < -0.4 is 0 Å². The third-order valence-electron chi connectivity index (χ3n) is 3.88. The van der Waals surface area contributed by atoms with Crippen molar-refractivity contribution in [1.29, 1.82) is 5.26 Å². The van der Waals surface area contributed by atoms with Crippen molar-refractivity contribution in [2.24, 2.45) is 11.3 Å². The number of aliphatic hydroxyl groups is 1. The molecule has 0 aromatic rings. The first-order chi connectivity index (χ1) is 6.27. The van der Waals surface area contributed by atoms with Crippen molar-refractivity contribution in [2.75, 3.05) is 0 Å². The smallest absolute Gasteiger partial charge is 0.0693 e. The number of rotatable bonds is 0. The Morgan fingerprint density at radius 2 is 2.08 bits per heavy atom. The summed E-state index contributed by atoms with van der Waals surface area (Å²) in [5.74, 6) is 0.578. The van der Waals surface area contributed by atoms with Crippen LogP contribution in [0.2, 0.25) is 0 Å². The first kappa shape index (κ1) is 9.02. The van der Waals surface area contributed by atoms with Gasteiger partial charge in [0.1, 0.15) is 0 Å². The van der Waals surface area contributed by atoms with Gasteiger partial charge in [-0.2, -0.15) is 5.26 Å². The molecule has 2 nitrogen and oxygen atoms in total. The molecular weight excluding hydrogens is 162 g/mol. The molecule has 3 atom stereocenters. The second-order valence-corrected chi connectivity index (χ2v) is 4.65. The highest BCUT2D eigenvalue weighted by atomic mass is 16.3. The number of fused-ring (bicyclic) bond motifs is 1. The minimum atomic E-state index is -0.214. The van der Waals surface area contributed by atoms with Crippen LogP contribution in [0, 0.1) is 22.7 Å². The van der Waals surface area contributed by atoms with Crippen molar-refractivity contribution in [3.8, 4) is 6.07 Å². The van der Waals surface area contributed by atoms with E-state index in [0.717, 1.165) is 25.7 Å². The molecule has 0 heterocycles. The van der Waals surface area contributed by atoms with E-state index in [0.29, 0.717) is 5.92 Å². The van der Waals surface area contributed by atoms with E-state index >= 15 is 0 Å². The summed E-state index contributed by atoms with van der Waals surface area (Å²) in [6.45, 7) is 0. The molecule has 0 aliphatic heterocycles. The zero-order valence-electron chi connectivity index (χ0n) is 8.00. The minimum Gasteiger partial charge on any atom is -0.393 e. The molecule has 0 saturated heterocycles. The number of hydrogen-bond donors (Lipinski definition) is 1. The zero-order valence-corrected chi connectivity index (χ0v) is 8.00. The predicted molar refractivity (Wildman–Crippen MR) is 49.9 cm³/mol. The summed E-state index contributed by atoms with van der Waals surface area (Å²) in [5, 5.41) is 18.8. The van der Waals surface area contributed by atoms with Gasteiger partial charge in [0.25, 0.3) is 0 Å². The highest BCUT2D eigenvalue weighted by Crippen LogP contribution is 2.49. The second-order valence-electron chi connectivity index (χ2n) is 4.65. The van der Waals surface area contributed by atoms with Crippen LogP contribution in [0.25, 0.3) is 0 Å². The molecular formula is C11H17NO. The Balaban J connectivity index is 2.18. The van der Waals surface area contributed by atoms with Crippen LogP contribution >= 0.6 is 0 Å². The third kappa shape index (κ3) is 1.46. The minimum absolute atomic E-state index is 0.157. The molecule has 0 spiro atoms. The van der Waals surface area contributed by atoms with Gasteiger partial charge in [0.05, 0.1) is 17.6 Å². The maximum Gasteiger partial charge on any atom is 0.0693 e. The summed E-state index contributed by atoms with van der Waals surface area (Å²) in [4.78, 5) is 0. The van der Waals surface area contributed by atoms with Gasteiger partial charge in [0, 0.05) is 0 Å². The number of nitrogens with zero attached hydrogens (tertiary/aromatic N) is 1. The molecule has 2 heteroatoms. The lowest BCUT2D eigenvalue weighted by molar-refractivity contribution is 0.0102. The highest BCUT2D eigenvalue weighted by molar-refractivity contribution is 5.07. The topological polar surface area (TPSA) is 44.0 Å². The van der Waals surface area contributed by atoms with E-state index in [1.807, 2.05) is 0 Å². The molecule has 0 unspecified atom stereocenters. The largest absolute Gasteiger partial charge is 0.393 e. The molecule has 0 amide bonds. The van der Waals surface area contributed by atoms with Crippen molar-refractivity contribution in [3.05, 3.63) is 0 Å². The van der Waals surface area contributed by atoms with Crippen LogP contribution in [-0.2, 0) is 0 Å². The van der Waals surface area contributed by atoms with Gasteiger partial charge in [-0.25, -0.2) is 0 Å². The Morgan fingerprint density at radius 3 is 2.85 bits per heavy atom. The molecule has 2 aliphatic carbocycles. The summed E-state index contributed by atoms with van der Waals surface area (Å²) in [5.41, 5.74) is -0.157. The monoisotopic (exact) mass is 179 g/mol. The summed E-state index contributed by atoms with van der Waals surface area (Å²) in [6, 6.07) is 2.49. The SMILES string of the molecule is N#C[C@]12CCCC[C@@H]1CC[C@H](O)C2. The van der Waals surface area contributed by atoms with Crippen LogP contribution in [0.3, 0.4) is 0 Å². The van der Waals surface area contributed by atoms with Gasteiger partial charge in [-0.1, -0.05) is 12.8 Å². The molecule has 72 valence electrons. The maximum absolute atomic E-state index is 9.59. The lowest BCUT2D eigenvalue weighted by atomic mass is 9.59. The number of nitriles is 1. The van der Waals surface area contributed by atoms with Gasteiger partial charge in [-0.05, 0) is 38.0 Å². The lowest BCUT2D eigenvalue weighted by Crippen LogP contribution is -2.40. The Labute approximate surface area is 79.6 Å². The zero-order chi connectivity index (χ0) is 9.31. The van der Waals surface area contributed by atoms with Crippen LogP contribution in [-0.4, -0.2) is 11.2 Å². The summed E-state index contributed by atoms with van der Waals surface area (Å²) >= 11 is 0. The van der Waals surface area contributed by atoms with Crippen LogP contribution in [0.15, 0.2) is 0 Å². The van der Waals surface area contributed by atoms with E-state index < -0.39 is 0 Å². The summed E-state index contributed by atoms with van der Waals surface area (Å²) in [7, 11) is 0. The van der Waals surface area contributed by atoms with Crippen molar-refractivity contribution in [2.45, 2.75) is 51.0 Å². The Bertz CT molecular complexity index is 233. The second kappa shape index (κ2) is 3.31. The Kier molecular flexibility index (Phi) is 2.29. The summed E-state index contributed by atoms with van der Waals surface area (Å²) < 4.78 is 0. The van der Waals surface area contributed by atoms with Crippen LogP contribution in [0.4, 0.5) is 0 Å². The van der Waals surface area contributed by atoms with Gasteiger partial charge in [-0.3, -0.25) is 0 Å². The molecule has 2 aliphatic rings.